The highest BCUT2D eigenvalue weighted by atomic mass is 79.9. The summed E-state index contributed by atoms with van der Waals surface area (Å²) in [5.74, 6) is 0. The predicted octanol–water partition coefficient (Wildman–Crippen LogP) is 4.76. The van der Waals surface area contributed by atoms with Crippen LogP contribution in [0.4, 0.5) is 0 Å². The van der Waals surface area contributed by atoms with Crippen LogP contribution < -0.4 is 0 Å². The number of rotatable bonds is 2. The predicted molar refractivity (Wildman–Crippen MR) is 70.2 cm³/mol. The van der Waals surface area contributed by atoms with E-state index < -0.39 is 0 Å². The maximum Gasteiger partial charge on any atom is 0.0498 e. The quantitative estimate of drug-likeness (QED) is 0.779. The minimum absolute atomic E-state index is 1.02. The lowest BCUT2D eigenvalue weighted by Crippen LogP contribution is -1.78. The Hall–Kier alpha value is -0.320. The van der Waals surface area contributed by atoms with Gasteiger partial charge in [-0.25, -0.2) is 0 Å². The van der Waals surface area contributed by atoms with Crippen molar-refractivity contribution in [2.45, 2.75) is 9.79 Å². The minimum atomic E-state index is 1.02. The van der Waals surface area contributed by atoms with Crippen LogP contribution in [-0.4, -0.2) is 4.98 Å². The van der Waals surface area contributed by atoms with E-state index in [1.165, 1.54) is 4.90 Å². The molecule has 2 rings (SSSR count). The first-order valence-corrected chi connectivity index (χ1v) is 6.69. The summed E-state index contributed by atoms with van der Waals surface area (Å²) in [7, 11) is 0. The molecule has 1 aromatic carbocycles. The van der Waals surface area contributed by atoms with E-state index in [9.17, 15) is 0 Å². The van der Waals surface area contributed by atoms with Crippen LogP contribution >= 0.6 is 43.6 Å². The van der Waals surface area contributed by atoms with Crippen molar-refractivity contribution in [3.05, 3.63) is 51.7 Å². The zero-order chi connectivity index (χ0) is 10.7. The standard InChI is InChI=1S/C11H7Br2NS/c12-8-3-1-2-4-10(8)15-11-5-6-14-7-9(11)13/h1-7H. The molecule has 0 atom stereocenters. The lowest BCUT2D eigenvalue weighted by molar-refractivity contribution is 1.23. The molecule has 76 valence electrons. The highest BCUT2D eigenvalue weighted by Crippen LogP contribution is 2.36. The van der Waals surface area contributed by atoms with Crippen molar-refractivity contribution in [3.8, 4) is 0 Å². The molecule has 0 spiro atoms. The molecular formula is C11H7Br2NS. The maximum absolute atomic E-state index is 4.04. The summed E-state index contributed by atoms with van der Waals surface area (Å²) < 4.78 is 2.13. The van der Waals surface area contributed by atoms with E-state index in [0.29, 0.717) is 0 Å². The summed E-state index contributed by atoms with van der Waals surface area (Å²) in [6.07, 6.45) is 3.60. The van der Waals surface area contributed by atoms with Crippen molar-refractivity contribution in [3.63, 3.8) is 0 Å². The molecule has 0 aliphatic carbocycles. The van der Waals surface area contributed by atoms with Gasteiger partial charge in [-0.05, 0) is 50.1 Å². The normalized spacial score (nSPS) is 10.3. The van der Waals surface area contributed by atoms with Gasteiger partial charge < -0.3 is 0 Å². The Morgan fingerprint density at radius 2 is 1.67 bits per heavy atom. The number of hydrogen-bond donors (Lipinski definition) is 0. The first kappa shape index (κ1) is 11.2. The lowest BCUT2D eigenvalue weighted by atomic mass is 10.4. The van der Waals surface area contributed by atoms with Gasteiger partial charge in [-0.3, -0.25) is 4.98 Å². The van der Waals surface area contributed by atoms with Gasteiger partial charge in [0.1, 0.15) is 0 Å². The van der Waals surface area contributed by atoms with Crippen LogP contribution in [0.2, 0.25) is 0 Å². The van der Waals surface area contributed by atoms with Gasteiger partial charge in [-0.1, -0.05) is 23.9 Å². The van der Waals surface area contributed by atoms with E-state index in [1.54, 1.807) is 24.2 Å². The molecule has 0 N–H and O–H groups in total. The summed E-state index contributed by atoms with van der Waals surface area (Å²) in [5.41, 5.74) is 0. The number of aromatic nitrogens is 1. The summed E-state index contributed by atoms with van der Waals surface area (Å²) in [6, 6.07) is 10.2. The molecule has 0 radical (unpaired) electrons. The Morgan fingerprint density at radius 3 is 2.40 bits per heavy atom. The molecule has 0 unspecified atom stereocenters. The van der Waals surface area contributed by atoms with Crippen molar-refractivity contribution in [2.75, 3.05) is 0 Å². The Kier molecular flexibility index (Phi) is 3.83. The van der Waals surface area contributed by atoms with E-state index in [-0.39, 0.29) is 0 Å². The molecule has 0 amide bonds. The van der Waals surface area contributed by atoms with Crippen LogP contribution in [0, 0.1) is 0 Å². The van der Waals surface area contributed by atoms with Crippen molar-refractivity contribution < 1.29 is 0 Å². The van der Waals surface area contributed by atoms with Crippen LogP contribution in [0.25, 0.3) is 0 Å². The fourth-order valence-corrected chi connectivity index (χ4v) is 2.94. The molecule has 0 saturated heterocycles. The first-order valence-electron chi connectivity index (χ1n) is 4.29. The average molecular weight is 345 g/mol. The van der Waals surface area contributed by atoms with Crippen LogP contribution in [0.5, 0.6) is 0 Å². The van der Waals surface area contributed by atoms with Crippen molar-refractivity contribution >= 4 is 43.6 Å². The van der Waals surface area contributed by atoms with Crippen molar-refractivity contribution in [1.82, 2.24) is 4.98 Å². The molecule has 2 aromatic rings. The second-order valence-corrected chi connectivity index (χ2v) is 5.63. The summed E-state index contributed by atoms with van der Waals surface area (Å²) in [6.45, 7) is 0. The molecule has 0 aliphatic rings. The fraction of sp³-hybridized carbons (Fsp3) is 0. The fourth-order valence-electron chi connectivity index (χ4n) is 1.09. The van der Waals surface area contributed by atoms with Gasteiger partial charge in [0.15, 0.2) is 0 Å². The van der Waals surface area contributed by atoms with Gasteiger partial charge in [0.05, 0.1) is 0 Å². The monoisotopic (exact) mass is 343 g/mol. The lowest BCUT2D eigenvalue weighted by Gasteiger charge is -2.05. The summed E-state index contributed by atoms with van der Waals surface area (Å²) >= 11 is 8.71. The molecule has 1 aromatic heterocycles. The van der Waals surface area contributed by atoms with Gasteiger partial charge in [-0.15, -0.1) is 0 Å². The molecule has 1 nitrogen and oxygen atoms in total. The molecule has 1 heterocycles. The molecule has 0 fully saturated rings. The van der Waals surface area contributed by atoms with Gasteiger partial charge in [0.25, 0.3) is 0 Å². The Morgan fingerprint density at radius 1 is 0.933 bits per heavy atom. The highest BCUT2D eigenvalue weighted by molar-refractivity contribution is 9.11. The van der Waals surface area contributed by atoms with E-state index in [1.807, 2.05) is 24.3 Å². The zero-order valence-corrected chi connectivity index (χ0v) is 11.6. The third kappa shape index (κ3) is 2.83. The van der Waals surface area contributed by atoms with Gasteiger partial charge in [0, 0.05) is 31.1 Å². The van der Waals surface area contributed by atoms with E-state index in [2.05, 4.69) is 42.9 Å². The largest absolute Gasteiger partial charge is 0.263 e. The molecule has 0 bridgehead atoms. The van der Waals surface area contributed by atoms with Crippen molar-refractivity contribution in [1.29, 1.82) is 0 Å². The highest BCUT2D eigenvalue weighted by Gasteiger charge is 2.04. The Labute approximate surface area is 110 Å². The third-order valence-corrected chi connectivity index (χ3v) is 4.79. The SMILES string of the molecule is Brc1ccccc1Sc1ccncc1Br. The number of benzene rings is 1. The molecule has 15 heavy (non-hydrogen) atoms. The van der Waals surface area contributed by atoms with E-state index >= 15 is 0 Å². The number of nitrogens with zero attached hydrogens (tertiary/aromatic N) is 1. The topological polar surface area (TPSA) is 12.9 Å². The third-order valence-electron chi connectivity index (χ3n) is 1.79. The van der Waals surface area contributed by atoms with Gasteiger partial charge >= 0.3 is 0 Å². The Balaban J connectivity index is 2.30. The van der Waals surface area contributed by atoms with Gasteiger partial charge in [0.2, 0.25) is 0 Å². The number of pyridine rings is 1. The van der Waals surface area contributed by atoms with E-state index in [0.717, 1.165) is 13.8 Å². The molecular weight excluding hydrogens is 338 g/mol. The van der Waals surface area contributed by atoms with Gasteiger partial charge in [-0.2, -0.15) is 0 Å². The van der Waals surface area contributed by atoms with Crippen molar-refractivity contribution in [2.24, 2.45) is 0 Å². The second-order valence-electron chi connectivity index (χ2n) is 2.84. The number of halogens is 2. The van der Waals surface area contributed by atoms with E-state index in [4.69, 9.17) is 0 Å². The zero-order valence-electron chi connectivity index (χ0n) is 7.65. The number of hydrogen-bond acceptors (Lipinski definition) is 2. The van der Waals surface area contributed by atoms with Crippen LogP contribution in [0.15, 0.2) is 61.5 Å². The first-order chi connectivity index (χ1) is 7.27. The molecule has 0 saturated carbocycles. The van der Waals surface area contributed by atoms with Crippen LogP contribution in [-0.2, 0) is 0 Å². The maximum atomic E-state index is 4.04. The molecule has 0 aliphatic heterocycles. The van der Waals surface area contributed by atoms with Crippen LogP contribution in [0.1, 0.15) is 0 Å². The smallest absolute Gasteiger partial charge is 0.0498 e. The second kappa shape index (κ2) is 5.14. The minimum Gasteiger partial charge on any atom is -0.263 e. The van der Waals surface area contributed by atoms with Crippen LogP contribution in [0.3, 0.4) is 0 Å². The summed E-state index contributed by atoms with van der Waals surface area (Å²) in [4.78, 5) is 6.40. The summed E-state index contributed by atoms with van der Waals surface area (Å²) in [5, 5.41) is 0. The average Bonchev–Trinajstić information content (AvgIpc) is 2.24. The molecule has 4 heteroatoms. The Bertz CT molecular complexity index is 430.